The first-order chi connectivity index (χ1) is 10.2. The van der Waals surface area contributed by atoms with Crippen molar-refractivity contribution in [3.63, 3.8) is 0 Å². The highest BCUT2D eigenvalue weighted by atomic mass is 32.2. The summed E-state index contributed by atoms with van der Waals surface area (Å²) in [7, 11) is 0. The smallest absolute Gasteiger partial charge is 0.309 e. The minimum absolute atomic E-state index is 0.0373. The van der Waals surface area contributed by atoms with Crippen LogP contribution in [0.4, 0.5) is 0 Å². The van der Waals surface area contributed by atoms with Gasteiger partial charge in [-0.2, -0.15) is 0 Å². The number of hydrogen-bond donors (Lipinski definition) is 0. The standard InChI is InChI=1S/C15H18N2O3S/c1-2-20-15(19)12-6-11(12)14-17(13(18)9-21-14)8-10-4-3-5-16-7-10/h3-5,7,11-12,14H,2,6,8-9H2,1H3. The lowest BCUT2D eigenvalue weighted by Crippen LogP contribution is -2.34. The van der Waals surface area contributed by atoms with Gasteiger partial charge in [0.2, 0.25) is 5.91 Å². The van der Waals surface area contributed by atoms with Crippen molar-refractivity contribution in [2.75, 3.05) is 12.4 Å². The number of nitrogens with zero attached hydrogens (tertiary/aromatic N) is 2. The van der Waals surface area contributed by atoms with E-state index < -0.39 is 0 Å². The van der Waals surface area contributed by atoms with E-state index >= 15 is 0 Å². The Labute approximate surface area is 128 Å². The third kappa shape index (κ3) is 3.05. The zero-order valence-electron chi connectivity index (χ0n) is 11.9. The van der Waals surface area contributed by atoms with E-state index in [1.54, 1.807) is 24.2 Å². The molecular formula is C15H18N2O3S. The summed E-state index contributed by atoms with van der Waals surface area (Å²) in [6.07, 6.45) is 4.33. The fraction of sp³-hybridized carbons (Fsp3) is 0.533. The van der Waals surface area contributed by atoms with Crippen LogP contribution < -0.4 is 0 Å². The molecule has 0 N–H and O–H groups in total. The van der Waals surface area contributed by atoms with E-state index in [9.17, 15) is 9.59 Å². The van der Waals surface area contributed by atoms with Gasteiger partial charge in [-0.15, -0.1) is 11.8 Å². The fourth-order valence-electron chi connectivity index (χ4n) is 2.74. The van der Waals surface area contributed by atoms with Crippen molar-refractivity contribution < 1.29 is 14.3 Å². The molecule has 2 fully saturated rings. The van der Waals surface area contributed by atoms with E-state index in [0.717, 1.165) is 12.0 Å². The van der Waals surface area contributed by atoms with E-state index in [1.165, 1.54) is 0 Å². The van der Waals surface area contributed by atoms with Crippen LogP contribution >= 0.6 is 11.8 Å². The molecule has 3 atom stereocenters. The highest BCUT2D eigenvalue weighted by molar-refractivity contribution is 8.01. The lowest BCUT2D eigenvalue weighted by atomic mass is 10.2. The van der Waals surface area contributed by atoms with Crippen LogP contribution in [-0.2, 0) is 20.9 Å². The van der Waals surface area contributed by atoms with Crippen molar-refractivity contribution in [2.45, 2.75) is 25.3 Å². The average Bonchev–Trinajstić information content (AvgIpc) is 3.21. The molecule has 1 aromatic rings. The molecule has 21 heavy (non-hydrogen) atoms. The number of carbonyl (C=O) groups excluding carboxylic acids is 2. The van der Waals surface area contributed by atoms with Crippen LogP contribution in [-0.4, -0.2) is 39.5 Å². The molecule has 1 aromatic heterocycles. The van der Waals surface area contributed by atoms with Crippen molar-refractivity contribution in [1.82, 2.24) is 9.88 Å². The van der Waals surface area contributed by atoms with Crippen molar-refractivity contribution in [3.8, 4) is 0 Å². The van der Waals surface area contributed by atoms with Gasteiger partial charge < -0.3 is 9.64 Å². The zero-order valence-corrected chi connectivity index (χ0v) is 12.7. The molecule has 1 saturated heterocycles. The molecule has 112 valence electrons. The maximum absolute atomic E-state index is 12.1. The van der Waals surface area contributed by atoms with E-state index in [-0.39, 0.29) is 29.1 Å². The van der Waals surface area contributed by atoms with Gasteiger partial charge in [0, 0.05) is 24.9 Å². The molecule has 1 saturated carbocycles. The maximum Gasteiger partial charge on any atom is 0.309 e. The predicted molar refractivity (Wildman–Crippen MR) is 79.3 cm³/mol. The summed E-state index contributed by atoms with van der Waals surface area (Å²) in [5, 5.41) is 0.0899. The molecule has 0 bridgehead atoms. The van der Waals surface area contributed by atoms with Crippen molar-refractivity contribution in [2.24, 2.45) is 11.8 Å². The predicted octanol–water partition coefficient (Wildman–Crippen LogP) is 1.68. The Morgan fingerprint density at radius 3 is 3.14 bits per heavy atom. The molecule has 6 heteroatoms. The van der Waals surface area contributed by atoms with Gasteiger partial charge >= 0.3 is 5.97 Å². The molecule has 1 amide bonds. The Balaban J connectivity index is 1.65. The molecular weight excluding hydrogens is 288 g/mol. The number of rotatable bonds is 5. The summed E-state index contributed by atoms with van der Waals surface area (Å²) in [6.45, 7) is 2.80. The Morgan fingerprint density at radius 2 is 2.43 bits per heavy atom. The van der Waals surface area contributed by atoms with Crippen LogP contribution in [0.1, 0.15) is 18.9 Å². The minimum Gasteiger partial charge on any atom is -0.466 e. The van der Waals surface area contributed by atoms with Gasteiger partial charge in [0.15, 0.2) is 0 Å². The molecule has 5 nitrogen and oxygen atoms in total. The summed E-state index contributed by atoms with van der Waals surface area (Å²) in [6, 6.07) is 3.84. The summed E-state index contributed by atoms with van der Waals surface area (Å²) in [4.78, 5) is 29.8. The highest BCUT2D eigenvalue weighted by Crippen LogP contribution is 2.49. The topological polar surface area (TPSA) is 59.5 Å². The van der Waals surface area contributed by atoms with E-state index in [2.05, 4.69) is 4.98 Å². The SMILES string of the molecule is CCOC(=O)C1CC1C1SCC(=O)N1Cc1cccnc1. The lowest BCUT2D eigenvalue weighted by molar-refractivity contribution is -0.145. The lowest BCUT2D eigenvalue weighted by Gasteiger charge is -2.24. The van der Waals surface area contributed by atoms with Gasteiger partial charge in [0.1, 0.15) is 0 Å². The Morgan fingerprint density at radius 1 is 1.57 bits per heavy atom. The molecule has 1 aliphatic carbocycles. The number of amides is 1. The zero-order chi connectivity index (χ0) is 14.8. The Hall–Kier alpha value is -1.56. The number of carbonyl (C=O) groups is 2. The van der Waals surface area contributed by atoms with Crippen LogP contribution in [0.5, 0.6) is 0 Å². The van der Waals surface area contributed by atoms with Crippen LogP contribution in [0, 0.1) is 11.8 Å². The van der Waals surface area contributed by atoms with Crippen molar-refractivity contribution in [1.29, 1.82) is 0 Å². The number of esters is 1. The number of pyridine rings is 1. The molecule has 0 aromatic carbocycles. The molecule has 0 radical (unpaired) electrons. The summed E-state index contributed by atoms with van der Waals surface area (Å²) in [5.41, 5.74) is 1.02. The first-order valence-electron chi connectivity index (χ1n) is 7.17. The maximum atomic E-state index is 12.1. The van der Waals surface area contributed by atoms with E-state index in [4.69, 9.17) is 4.74 Å². The second-order valence-electron chi connectivity index (χ2n) is 5.34. The van der Waals surface area contributed by atoms with Gasteiger partial charge in [-0.05, 0) is 25.0 Å². The first kappa shape index (κ1) is 14.4. The van der Waals surface area contributed by atoms with Crippen LogP contribution in [0.2, 0.25) is 0 Å². The molecule has 3 rings (SSSR count). The highest BCUT2D eigenvalue weighted by Gasteiger charge is 2.53. The first-order valence-corrected chi connectivity index (χ1v) is 8.22. The molecule has 3 unspecified atom stereocenters. The van der Waals surface area contributed by atoms with Crippen molar-refractivity contribution in [3.05, 3.63) is 30.1 Å². The van der Waals surface area contributed by atoms with E-state index in [1.807, 2.05) is 24.0 Å². The third-order valence-electron chi connectivity index (χ3n) is 3.88. The Kier molecular flexibility index (Phi) is 4.14. The van der Waals surface area contributed by atoms with Crippen LogP contribution in [0.3, 0.4) is 0 Å². The van der Waals surface area contributed by atoms with Gasteiger partial charge in [0.05, 0.1) is 23.7 Å². The summed E-state index contributed by atoms with van der Waals surface area (Å²) in [5.74, 6) is 0.714. The second kappa shape index (κ2) is 6.05. The summed E-state index contributed by atoms with van der Waals surface area (Å²) >= 11 is 1.64. The number of thioether (sulfide) groups is 1. The number of ether oxygens (including phenoxy) is 1. The number of hydrogen-bond acceptors (Lipinski definition) is 5. The molecule has 0 spiro atoms. The Bertz CT molecular complexity index is 537. The normalized spacial score (nSPS) is 27.8. The minimum atomic E-state index is -0.122. The van der Waals surface area contributed by atoms with Crippen molar-refractivity contribution >= 4 is 23.6 Å². The van der Waals surface area contributed by atoms with Crippen LogP contribution in [0.15, 0.2) is 24.5 Å². The molecule has 2 aliphatic rings. The molecule has 2 heterocycles. The quantitative estimate of drug-likeness (QED) is 0.775. The van der Waals surface area contributed by atoms with Gasteiger partial charge in [-0.25, -0.2) is 0 Å². The largest absolute Gasteiger partial charge is 0.466 e. The fourth-order valence-corrected chi connectivity index (χ4v) is 4.14. The van der Waals surface area contributed by atoms with Gasteiger partial charge in [-0.1, -0.05) is 6.07 Å². The molecule has 1 aliphatic heterocycles. The van der Waals surface area contributed by atoms with E-state index in [0.29, 0.717) is 18.9 Å². The average molecular weight is 306 g/mol. The van der Waals surface area contributed by atoms with Gasteiger partial charge in [0.25, 0.3) is 0 Å². The second-order valence-corrected chi connectivity index (χ2v) is 6.45. The monoisotopic (exact) mass is 306 g/mol. The van der Waals surface area contributed by atoms with Gasteiger partial charge in [-0.3, -0.25) is 14.6 Å². The summed E-state index contributed by atoms with van der Waals surface area (Å²) < 4.78 is 5.07. The van der Waals surface area contributed by atoms with Crippen LogP contribution in [0.25, 0.3) is 0 Å². The number of aromatic nitrogens is 1. The third-order valence-corrected chi connectivity index (χ3v) is 5.24.